The van der Waals surface area contributed by atoms with Crippen LogP contribution in [0.3, 0.4) is 0 Å². The van der Waals surface area contributed by atoms with Crippen molar-refractivity contribution in [2.24, 2.45) is 0 Å². The van der Waals surface area contributed by atoms with Crippen LogP contribution in [0.25, 0.3) is 0 Å². The van der Waals surface area contributed by atoms with Gasteiger partial charge >= 0.3 is 0 Å². The van der Waals surface area contributed by atoms with Crippen molar-refractivity contribution < 1.29 is 9.53 Å². The molecule has 1 atom stereocenters. The van der Waals surface area contributed by atoms with Crippen molar-refractivity contribution in [1.82, 2.24) is 10.2 Å². The molecule has 1 unspecified atom stereocenters. The van der Waals surface area contributed by atoms with Gasteiger partial charge in [0, 0.05) is 26.2 Å². The molecule has 1 aliphatic heterocycles. The smallest absolute Gasteiger partial charge is 0.227 e. The molecule has 19 heavy (non-hydrogen) atoms. The molecule has 1 aliphatic rings. The summed E-state index contributed by atoms with van der Waals surface area (Å²) in [5.41, 5.74) is 1.06. The van der Waals surface area contributed by atoms with Crippen LogP contribution >= 0.6 is 0 Å². The average molecular weight is 262 g/mol. The first-order chi connectivity index (χ1) is 9.27. The van der Waals surface area contributed by atoms with Gasteiger partial charge in [0.1, 0.15) is 0 Å². The van der Waals surface area contributed by atoms with Gasteiger partial charge in [-0.3, -0.25) is 9.69 Å². The minimum Gasteiger partial charge on any atom is -0.379 e. The van der Waals surface area contributed by atoms with Crippen molar-refractivity contribution in [1.29, 1.82) is 0 Å². The number of rotatable bonds is 5. The normalized spacial score (nSPS) is 17.9. The summed E-state index contributed by atoms with van der Waals surface area (Å²) in [5, 5.41) is 3.01. The summed E-state index contributed by atoms with van der Waals surface area (Å²) in [6.07, 6.45) is 0. The fraction of sp³-hybridized carbons (Fsp3) is 0.533. The third-order valence-electron chi connectivity index (χ3n) is 3.52. The zero-order valence-electron chi connectivity index (χ0n) is 11.5. The fourth-order valence-electron chi connectivity index (χ4n) is 2.21. The van der Waals surface area contributed by atoms with Crippen LogP contribution in [0, 0.1) is 0 Å². The highest BCUT2D eigenvalue weighted by Crippen LogP contribution is 2.14. The van der Waals surface area contributed by atoms with Crippen LogP contribution in [0.2, 0.25) is 0 Å². The number of nitrogens with one attached hydrogen (secondary N) is 1. The van der Waals surface area contributed by atoms with Crippen LogP contribution in [0.1, 0.15) is 18.4 Å². The monoisotopic (exact) mass is 262 g/mol. The van der Waals surface area contributed by atoms with Crippen LogP contribution in [0.5, 0.6) is 0 Å². The van der Waals surface area contributed by atoms with Crippen LogP contribution in [0.4, 0.5) is 0 Å². The first-order valence-corrected chi connectivity index (χ1v) is 6.90. The summed E-state index contributed by atoms with van der Waals surface area (Å²) in [7, 11) is 0. The predicted octanol–water partition coefficient (Wildman–Crippen LogP) is 1.24. The predicted molar refractivity (Wildman–Crippen MR) is 75.1 cm³/mol. The van der Waals surface area contributed by atoms with Crippen LogP contribution in [-0.4, -0.2) is 50.2 Å². The minimum absolute atomic E-state index is 0.0918. The molecule has 0 aromatic heterocycles. The number of carbonyl (C=O) groups excluding carboxylic acids is 1. The number of nitrogens with zero attached hydrogens (tertiary/aromatic N) is 1. The van der Waals surface area contributed by atoms with Crippen molar-refractivity contribution >= 4 is 5.91 Å². The maximum atomic E-state index is 12.0. The van der Waals surface area contributed by atoms with Gasteiger partial charge in [-0.05, 0) is 12.5 Å². The van der Waals surface area contributed by atoms with Crippen molar-refractivity contribution in [3.63, 3.8) is 0 Å². The molecule has 1 N–H and O–H groups in total. The summed E-state index contributed by atoms with van der Waals surface area (Å²) >= 11 is 0. The second-order valence-corrected chi connectivity index (χ2v) is 4.88. The lowest BCUT2D eigenvalue weighted by Gasteiger charge is -2.26. The molecular formula is C15H22N2O2. The second kappa shape index (κ2) is 7.26. The Morgan fingerprint density at radius 1 is 1.32 bits per heavy atom. The van der Waals surface area contributed by atoms with E-state index in [9.17, 15) is 4.79 Å². The summed E-state index contributed by atoms with van der Waals surface area (Å²) < 4.78 is 5.29. The van der Waals surface area contributed by atoms with Gasteiger partial charge in [0.25, 0.3) is 0 Å². The van der Waals surface area contributed by atoms with Gasteiger partial charge in [0.05, 0.1) is 19.1 Å². The number of hydrogen-bond acceptors (Lipinski definition) is 3. The van der Waals surface area contributed by atoms with Gasteiger partial charge in [-0.25, -0.2) is 0 Å². The zero-order valence-corrected chi connectivity index (χ0v) is 11.5. The number of hydrogen-bond donors (Lipinski definition) is 1. The lowest BCUT2D eigenvalue weighted by molar-refractivity contribution is -0.122. The topological polar surface area (TPSA) is 41.6 Å². The number of ether oxygens (including phenoxy) is 1. The molecule has 4 nitrogen and oxygen atoms in total. The van der Waals surface area contributed by atoms with E-state index >= 15 is 0 Å². The summed E-state index contributed by atoms with van der Waals surface area (Å²) in [6, 6.07) is 9.88. The highest BCUT2D eigenvalue weighted by atomic mass is 16.5. The minimum atomic E-state index is -0.0918. The molecule has 0 radical (unpaired) electrons. The molecule has 0 bridgehead atoms. The molecule has 104 valence electrons. The number of morpholine rings is 1. The van der Waals surface area contributed by atoms with E-state index in [2.05, 4.69) is 10.2 Å². The van der Waals surface area contributed by atoms with E-state index in [1.807, 2.05) is 37.3 Å². The Hall–Kier alpha value is -1.39. The zero-order chi connectivity index (χ0) is 13.5. The van der Waals surface area contributed by atoms with Crippen molar-refractivity contribution in [3.05, 3.63) is 35.9 Å². The Labute approximate surface area is 114 Å². The molecule has 1 aromatic carbocycles. The first-order valence-electron chi connectivity index (χ1n) is 6.90. The Bertz CT molecular complexity index is 388. The number of carbonyl (C=O) groups is 1. The maximum Gasteiger partial charge on any atom is 0.227 e. The largest absolute Gasteiger partial charge is 0.379 e. The number of benzene rings is 1. The van der Waals surface area contributed by atoms with Gasteiger partial charge in [0.15, 0.2) is 0 Å². The molecule has 0 saturated carbocycles. The molecule has 1 heterocycles. The lowest BCUT2D eigenvalue weighted by atomic mass is 10.0. The van der Waals surface area contributed by atoms with E-state index < -0.39 is 0 Å². The molecule has 1 amide bonds. The third kappa shape index (κ3) is 4.33. The maximum absolute atomic E-state index is 12.0. The molecule has 0 spiro atoms. The van der Waals surface area contributed by atoms with Crippen LogP contribution in [-0.2, 0) is 9.53 Å². The molecule has 1 saturated heterocycles. The van der Waals surface area contributed by atoms with E-state index in [0.717, 1.165) is 38.4 Å². The molecular weight excluding hydrogens is 240 g/mol. The third-order valence-corrected chi connectivity index (χ3v) is 3.52. The summed E-state index contributed by atoms with van der Waals surface area (Å²) in [6.45, 7) is 7.07. The quantitative estimate of drug-likeness (QED) is 0.868. The fourth-order valence-corrected chi connectivity index (χ4v) is 2.21. The van der Waals surface area contributed by atoms with Crippen LogP contribution < -0.4 is 5.32 Å². The number of amides is 1. The van der Waals surface area contributed by atoms with Gasteiger partial charge in [0.2, 0.25) is 5.91 Å². The van der Waals surface area contributed by atoms with E-state index in [1.54, 1.807) is 0 Å². The molecule has 0 aliphatic carbocycles. The second-order valence-electron chi connectivity index (χ2n) is 4.88. The highest BCUT2D eigenvalue weighted by molar-refractivity contribution is 5.83. The van der Waals surface area contributed by atoms with E-state index in [1.165, 1.54) is 0 Å². The lowest BCUT2D eigenvalue weighted by Crippen LogP contribution is -2.42. The molecule has 2 rings (SSSR count). The highest BCUT2D eigenvalue weighted by Gasteiger charge is 2.15. The van der Waals surface area contributed by atoms with E-state index in [4.69, 9.17) is 4.74 Å². The van der Waals surface area contributed by atoms with Crippen molar-refractivity contribution in [2.75, 3.05) is 39.4 Å². The summed E-state index contributed by atoms with van der Waals surface area (Å²) in [5.74, 6) is 0.00495. The Morgan fingerprint density at radius 2 is 2.00 bits per heavy atom. The Balaban J connectivity index is 1.72. The Morgan fingerprint density at radius 3 is 2.68 bits per heavy atom. The molecule has 1 fully saturated rings. The van der Waals surface area contributed by atoms with Crippen molar-refractivity contribution in [2.45, 2.75) is 12.8 Å². The average Bonchev–Trinajstić information content (AvgIpc) is 2.48. The van der Waals surface area contributed by atoms with Crippen molar-refractivity contribution in [3.8, 4) is 0 Å². The van der Waals surface area contributed by atoms with Crippen LogP contribution in [0.15, 0.2) is 30.3 Å². The van der Waals surface area contributed by atoms with Gasteiger partial charge in [-0.15, -0.1) is 0 Å². The van der Waals surface area contributed by atoms with E-state index in [0.29, 0.717) is 6.54 Å². The Kier molecular flexibility index (Phi) is 5.36. The van der Waals surface area contributed by atoms with Gasteiger partial charge in [-0.2, -0.15) is 0 Å². The van der Waals surface area contributed by atoms with E-state index in [-0.39, 0.29) is 11.8 Å². The summed E-state index contributed by atoms with van der Waals surface area (Å²) in [4.78, 5) is 14.3. The van der Waals surface area contributed by atoms with Gasteiger partial charge in [-0.1, -0.05) is 30.3 Å². The standard InChI is InChI=1S/C15H22N2O2/c1-13(14-5-3-2-4-6-14)15(18)16-7-8-17-9-11-19-12-10-17/h2-6,13H,7-12H2,1H3,(H,16,18). The molecule has 4 heteroatoms. The van der Waals surface area contributed by atoms with Gasteiger partial charge < -0.3 is 10.1 Å². The SMILES string of the molecule is CC(C(=O)NCCN1CCOCC1)c1ccccc1. The first kappa shape index (κ1) is 14.0. The molecule has 1 aromatic rings.